The van der Waals surface area contributed by atoms with Crippen LogP contribution >= 0.6 is 27.7 Å². The molecule has 0 bridgehead atoms. The molecule has 0 fully saturated rings. The van der Waals surface area contributed by atoms with E-state index in [-0.39, 0.29) is 0 Å². The van der Waals surface area contributed by atoms with Gasteiger partial charge in [0, 0.05) is 22.0 Å². The molecule has 1 atom stereocenters. The van der Waals surface area contributed by atoms with E-state index in [0.717, 1.165) is 10.6 Å². The first-order valence-corrected chi connectivity index (χ1v) is 8.36. The van der Waals surface area contributed by atoms with Gasteiger partial charge in [-0.15, -0.1) is 11.8 Å². The molecule has 0 saturated carbocycles. The van der Waals surface area contributed by atoms with Gasteiger partial charge in [-0.1, -0.05) is 41.1 Å². The predicted octanol–water partition coefficient (Wildman–Crippen LogP) is 3.81. The molecule has 0 spiro atoms. The maximum absolute atomic E-state index is 3.51. The van der Waals surface area contributed by atoms with Gasteiger partial charge in [-0.05, 0) is 37.6 Å². The lowest BCUT2D eigenvalue weighted by Gasteiger charge is -2.23. The number of fused-ring (bicyclic) bond motifs is 1. The van der Waals surface area contributed by atoms with Gasteiger partial charge in [-0.25, -0.2) is 0 Å². The highest BCUT2D eigenvalue weighted by Gasteiger charge is 2.23. The van der Waals surface area contributed by atoms with Crippen molar-refractivity contribution in [2.45, 2.75) is 29.9 Å². The van der Waals surface area contributed by atoms with Gasteiger partial charge in [0.05, 0.1) is 0 Å². The topological polar surface area (TPSA) is 3.24 Å². The number of benzene rings is 1. The molecule has 0 radical (unpaired) electrons. The highest BCUT2D eigenvalue weighted by Crippen LogP contribution is 2.36. The molecular formula is C14H20BrNS. The number of rotatable bonds is 6. The van der Waals surface area contributed by atoms with Crippen LogP contribution in [0.5, 0.6) is 0 Å². The Morgan fingerprint density at radius 3 is 2.94 bits per heavy atom. The summed E-state index contributed by atoms with van der Waals surface area (Å²) in [6, 6.07) is 8.84. The molecule has 0 aromatic heterocycles. The third kappa shape index (κ3) is 3.73. The zero-order chi connectivity index (χ0) is 12.1. The lowest BCUT2D eigenvalue weighted by Crippen LogP contribution is -2.31. The molecule has 0 aliphatic carbocycles. The summed E-state index contributed by atoms with van der Waals surface area (Å²) < 4.78 is 0. The fourth-order valence-electron chi connectivity index (χ4n) is 2.31. The van der Waals surface area contributed by atoms with Crippen molar-refractivity contribution in [2.75, 3.05) is 25.0 Å². The predicted molar refractivity (Wildman–Crippen MR) is 80.3 cm³/mol. The van der Waals surface area contributed by atoms with Crippen molar-refractivity contribution in [3.63, 3.8) is 0 Å². The summed E-state index contributed by atoms with van der Waals surface area (Å²) in [5, 5.41) is 1.87. The molecule has 0 N–H and O–H groups in total. The minimum absolute atomic E-state index is 0.752. The van der Waals surface area contributed by atoms with Gasteiger partial charge >= 0.3 is 0 Å². The highest BCUT2D eigenvalue weighted by molar-refractivity contribution is 9.09. The summed E-state index contributed by atoms with van der Waals surface area (Å²) >= 11 is 5.57. The number of thioether (sulfide) groups is 1. The fourth-order valence-corrected chi connectivity index (χ4v) is 3.92. The van der Waals surface area contributed by atoms with Crippen molar-refractivity contribution < 1.29 is 0 Å². The SMILES string of the molecule is CCN(CCCBr)CC1Cc2ccccc2S1. The number of hydrogen-bond acceptors (Lipinski definition) is 2. The summed E-state index contributed by atoms with van der Waals surface area (Å²) in [7, 11) is 0. The lowest BCUT2D eigenvalue weighted by atomic mass is 10.1. The summed E-state index contributed by atoms with van der Waals surface area (Å²) in [5.74, 6) is 0. The lowest BCUT2D eigenvalue weighted by molar-refractivity contribution is 0.291. The Morgan fingerprint density at radius 1 is 1.41 bits per heavy atom. The average Bonchev–Trinajstić information content (AvgIpc) is 2.76. The molecule has 1 unspecified atom stereocenters. The first-order chi connectivity index (χ1) is 8.33. The second-order valence-electron chi connectivity index (χ2n) is 4.49. The quantitative estimate of drug-likeness (QED) is 0.735. The Balaban J connectivity index is 1.85. The van der Waals surface area contributed by atoms with Gasteiger partial charge in [0.1, 0.15) is 0 Å². The van der Waals surface area contributed by atoms with Gasteiger partial charge in [0.25, 0.3) is 0 Å². The van der Waals surface area contributed by atoms with Crippen LogP contribution < -0.4 is 0 Å². The van der Waals surface area contributed by atoms with Crippen molar-refractivity contribution in [3.8, 4) is 0 Å². The number of hydrogen-bond donors (Lipinski definition) is 0. The van der Waals surface area contributed by atoms with Crippen molar-refractivity contribution in [3.05, 3.63) is 29.8 Å². The maximum atomic E-state index is 3.51. The molecule has 0 saturated heterocycles. The van der Waals surface area contributed by atoms with Crippen LogP contribution in [0.1, 0.15) is 18.9 Å². The first-order valence-electron chi connectivity index (χ1n) is 6.36. The largest absolute Gasteiger partial charge is 0.302 e. The molecule has 1 heterocycles. The van der Waals surface area contributed by atoms with Gasteiger partial charge in [-0.3, -0.25) is 0 Å². The summed E-state index contributed by atoms with van der Waals surface area (Å²) in [5.41, 5.74) is 1.54. The molecule has 94 valence electrons. The van der Waals surface area contributed by atoms with E-state index in [9.17, 15) is 0 Å². The van der Waals surface area contributed by atoms with Crippen LogP contribution in [0.4, 0.5) is 0 Å². The molecule has 1 aliphatic heterocycles. The van der Waals surface area contributed by atoms with E-state index < -0.39 is 0 Å². The van der Waals surface area contributed by atoms with E-state index in [2.05, 4.69) is 63.8 Å². The fraction of sp³-hybridized carbons (Fsp3) is 0.571. The summed E-state index contributed by atoms with van der Waals surface area (Å²) in [6.07, 6.45) is 2.49. The van der Waals surface area contributed by atoms with Crippen LogP contribution in [0.2, 0.25) is 0 Å². The van der Waals surface area contributed by atoms with Crippen molar-refractivity contribution in [1.82, 2.24) is 4.90 Å². The zero-order valence-electron chi connectivity index (χ0n) is 10.4. The Kier molecular flexibility index (Phi) is 5.39. The third-order valence-corrected chi connectivity index (χ3v) is 5.09. The second kappa shape index (κ2) is 6.81. The Labute approximate surface area is 117 Å². The van der Waals surface area contributed by atoms with Crippen molar-refractivity contribution >= 4 is 27.7 Å². The van der Waals surface area contributed by atoms with Crippen molar-refractivity contribution in [1.29, 1.82) is 0 Å². The second-order valence-corrected chi connectivity index (χ2v) is 6.62. The smallest absolute Gasteiger partial charge is 0.0263 e. The van der Waals surface area contributed by atoms with Crippen LogP contribution in [-0.2, 0) is 6.42 Å². The van der Waals surface area contributed by atoms with Crippen LogP contribution in [0.25, 0.3) is 0 Å². The van der Waals surface area contributed by atoms with E-state index in [1.54, 1.807) is 5.56 Å². The Hall–Kier alpha value is 0.01000. The van der Waals surface area contributed by atoms with Crippen LogP contribution in [0.3, 0.4) is 0 Å². The van der Waals surface area contributed by atoms with Crippen molar-refractivity contribution in [2.24, 2.45) is 0 Å². The van der Waals surface area contributed by atoms with E-state index in [4.69, 9.17) is 0 Å². The Bertz CT molecular complexity index is 331. The van der Waals surface area contributed by atoms with E-state index in [1.807, 2.05) is 0 Å². The minimum Gasteiger partial charge on any atom is -0.302 e. The molecule has 3 heteroatoms. The maximum Gasteiger partial charge on any atom is 0.0263 e. The molecule has 2 rings (SSSR count). The average molecular weight is 314 g/mol. The monoisotopic (exact) mass is 313 g/mol. The first kappa shape index (κ1) is 13.4. The van der Waals surface area contributed by atoms with Gasteiger partial charge in [0.2, 0.25) is 0 Å². The molecule has 0 amide bonds. The van der Waals surface area contributed by atoms with Gasteiger partial charge in [-0.2, -0.15) is 0 Å². The molecule has 1 aromatic carbocycles. The zero-order valence-corrected chi connectivity index (χ0v) is 12.8. The standard InChI is InChI=1S/C14H20BrNS/c1-2-16(9-5-8-15)11-13-10-12-6-3-4-7-14(12)17-13/h3-4,6-7,13H,2,5,8-11H2,1H3. The molecule has 1 nitrogen and oxygen atoms in total. The molecule has 1 aliphatic rings. The van der Waals surface area contributed by atoms with E-state index in [1.165, 1.54) is 37.4 Å². The molecule has 1 aromatic rings. The highest BCUT2D eigenvalue weighted by atomic mass is 79.9. The van der Waals surface area contributed by atoms with Gasteiger partial charge in [0.15, 0.2) is 0 Å². The van der Waals surface area contributed by atoms with Crippen LogP contribution in [0.15, 0.2) is 29.2 Å². The molecular weight excluding hydrogens is 294 g/mol. The van der Waals surface area contributed by atoms with E-state index in [0.29, 0.717) is 0 Å². The number of halogens is 1. The summed E-state index contributed by atoms with van der Waals surface area (Å²) in [6.45, 7) is 5.87. The van der Waals surface area contributed by atoms with Crippen LogP contribution in [-0.4, -0.2) is 35.1 Å². The minimum atomic E-state index is 0.752. The van der Waals surface area contributed by atoms with E-state index >= 15 is 0 Å². The Morgan fingerprint density at radius 2 is 2.24 bits per heavy atom. The van der Waals surface area contributed by atoms with Gasteiger partial charge < -0.3 is 4.90 Å². The molecule has 17 heavy (non-hydrogen) atoms. The van der Waals surface area contributed by atoms with Crippen LogP contribution in [0, 0.1) is 0 Å². The third-order valence-electron chi connectivity index (χ3n) is 3.23. The number of nitrogens with zero attached hydrogens (tertiary/aromatic N) is 1. The normalized spacial score (nSPS) is 18.6. The summed E-state index contributed by atoms with van der Waals surface area (Å²) in [4.78, 5) is 4.07. The number of alkyl halides is 1.